The maximum absolute atomic E-state index is 12.7. The molecule has 0 atom stereocenters. The van der Waals surface area contributed by atoms with Crippen molar-refractivity contribution in [1.29, 1.82) is 5.39 Å². The van der Waals surface area contributed by atoms with Gasteiger partial charge >= 0.3 is 15.8 Å². The smallest absolute Gasteiger partial charge is 0.426 e. The highest BCUT2D eigenvalue weighted by atomic mass is 32.2. The first-order valence-electron chi connectivity index (χ1n) is 7.16. The first-order valence-corrected chi connectivity index (χ1v) is 8.56. The van der Waals surface area contributed by atoms with E-state index in [2.05, 4.69) is 15.0 Å². The predicted molar refractivity (Wildman–Crippen MR) is 93.4 cm³/mol. The lowest BCUT2D eigenvalue weighted by Crippen LogP contribution is -2.10. The molecule has 3 aromatic carbocycles. The van der Waals surface area contributed by atoms with Crippen molar-refractivity contribution in [2.75, 3.05) is 0 Å². The quantitative estimate of drug-likeness (QED) is 0.233. The van der Waals surface area contributed by atoms with Crippen LogP contribution in [-0.2, 0) is 10.1 Å². The maximum atomic E-state index is 12.7. The highest BCUT2D eigenvalue weighted by Crippen LogP contribution is 2.37. The van der Waals surface area contributed by atoms with Crippen molar-refractivity contribution in [1.82, 2.24) is 0 Å². The molecular formula is C16H10N5O4S+. The molecule has 0 radical (unpaired) electrons. The van der Waals surface area contributed by atoms with Crippen LogP contribution in [0.25, 0.3) is 26.2 Å². The summed E-state index contributed by atoms with van der Waals surface area (Å²) in [5.41, 5.74) is 8.57. The third-order valence-corrected chi connectivity index (χ3v) is 4.84. The lowest BCUT2D eigenvalue weighted by atomic mass is 10.1. The Kier molecular flexibility index (Phi) is 4.33. The standard InChI is InChI=1S/C16H9N5O4S/c17-19-14-8-7-12-13(16(14)22)5-2-6-15(12)26(23,24)25-11-4-1-3-10(9-11)20-21-18/h1-9H/p+1. The molecule has 0 amide bonds. The van der Waals surface area contributed by atoms with Gasteiger partial charge in [-0.3, -0.25) is 0 Å². The average Bonchev–Trinajstić information content (AvgIpc) is 2.62. The molecule has 26 heavy (non-hydrogen) atoms. The molecule has 128 valence electrons. The molecule has 0 unspecified atom stereocenters. The minimum atomic E-state index is -4.25. The Hall–Kier alpha value is -3.80. The fourth-order valence-corrected chi connectivity index (χ4v) is 3.56. The van der Waals surface area contributed by atoms with Crippen LogP contribution in [0.4, 0.5) is 11.4 Å². The van der Waals surface area contributed by atoms with Gasteiger partial charge in [-0.15, -0.1) is 0 Å². The second-order valence-corrected chi connectivity index (χ2v) is 6.62. The number of rotatable bonds is 4. The van der Waals surface area contributed by atoms with Crippen LogP contribution in [0.1, 0.15) is 0 Å². The van der Waals surface area contributed by atoms with Gasteiger partial charge < -0.3 is 9.29 Å². The Labute approximate surface area is 147 Å². The first kappa shape index (κ1) is 17.0. The number of hydrogen-bond acceptors (Lipinski definition) is 6. The van der Waals surface area contributed by atoms with E-state index in [4.69, 9.17) is 15.1 Å². The molecule has 10 heteroatoms. The molecule has 9 nitrogen and oxygen atoms in total. The molecule has 0 aliphatic carbocycles. The summed E-state index contributed by atoms with van der Waals surface area (Å²) in [6.07, 6.45) is 0. The van der Waals surface area contributed by atoms with Crippen molar-refractivity contribution in [3.05, 3.63) is 70.0 Å². The minimum absolute atomic E-state index is 0.0295. The molecule has 0 heterocycles. The van der Waals surface area contributed by atoms with Gasteiger partial charge in [0.2, 0.25) is 11.1 Å². The molecule has 0 spiro atoms. The van der Waals surface area contributed by atoms with E-state index >= 15 is 0 Å². The zero-order valence-corrected chi connectivity index (χ0v) is 13.8. The second-order valence-electron chi connectivity index (χ2n) is 5.11. The summed E-state index contributed by atoms with van der Waals surface area (Å²) in [6, 6.07) is 12.6. The largest absolute Gasteiger partial charge is 0.501 e. The molecule has 0 aromatic heterocycles. The van der Waals surface area contributed by atoms with E-state index in [0.717, 1.165) is 0 Å². The first-order chi connectivity index (χ1) is 12.5. The van der Waals surface area contributed by atoms with E-state index in [1.165, 1.54) is 54.6 Å². The van der Waals surface area contributed by atoms with Gasteiger partial charge in [-0.05, 0) is 29.8 Å². The molecule has 3 rings (SSSR count). The summed E-state index contributed by atoms with van der Waals surface area (Å²) in [6.45, 7) is 0. The Balaban J connectivity index is 2.11. The van der Waals surface area contributed by atoms with Gasteiger partial charge in [-0.25, -0.2) is 0 Å². The number of fused-ring (bicyclic) bond motifs is 1. The fraction of sp³-hybridized carbons (Fsp3) is 0. The highest BCUT2D eigenvalue weighted by Gasteiger charge is 2.24. The monoisotopic (exact) mass is 368 g/mol. The van der Waals surface area contributed by atoms with Gasteiger partial charge in [-0.1, -0.05) is 29.4 Å². The topological polar surface area (TPSA) is 141 Å². The third kappa shape index (κ3) is 3.08. The summed E-state index contributed by atoms with van der Waals surface area (Å²) < 4.78 is 30.5. The van der Waals surface area contributed by atoms with Gasteiger partial charge in [0.05, 0.1) is 0 Å². The van der Waals surface area contributed by atoms with Crippen molar-refractivity contribution in [3.63, 3.8) is 0 Å². The molecule has 0 fully saturated rings. The number of azide groups is 1. The van der Waals surface area contributed by atoms with Crippen molar-refractivity contribution >= 4 is 32.3 Å². The van der Waals surface area contributed by atoms with Crippen molar-refractivity contribution < 1.29 is 17.7 Å². The molecule has 1 N–H and O–H groups in total. The Morgan fingerprint density at radius 2 is 1.85 bits per heavy atom. The second kappa shape index (κ2) is 6.60. The van der Waals surface area contributed by atoms with Crippen molar-refractivity contribution in [2.45, 2.75) is 4.90 Å². The third-order valence-electron chi connectivity index (χ3n) is 3.53. The van der Waals surface area contributed by atoms with Crippen LogP contribution in [0, 0.1) is 5.39 Å². The van der Waals surface area contributed by atoms with Gasteiger partial charge in [0.25, 0.3) is 0 Å². The lowest BCUT2D eigenvalue weighted by Gasteiger charge is -2.10. The predicted octanol–water partition coefficient (Wildman–Crippen LogP) is 4.74. The van der Waals surface area contributed by atoms with E-state index in [-0.39, 0.29) is 38.5 Å². The van der Waals surface area contributed by atoms with Crippen LogP contribution >= 0.6 is 0 Å². The van der Waals surface area contributed by atoms with E-state index in [9.17, 15) is 13.5 Å². The van der Waals surface area contributed by atoms with Crippen LogP contribution in [0.2, 0.25) is 0 Å². The Bertz CT molecular complexity index is 1210. The van der Waals surface area contributed by atoms with E-state index in [1.807, 2.05) is 0 Å². The maximum Gasteiger partial charge on any atom is 0.426 e. The number of benzene rings is 3. The van der Waals surface area contributed by atoms with E-state index < -0.39 is 10.1 Å². The molecule has 0 aliphatic rings. The normalized spacial score (nSPS) is 10.7. The van der Waals surface area contributed by atoms with E-state index in [0.29, 0.717) is 0 Å². The van der Waals surface area contributed by atoms with Crippen molar-refractivity contribution in [2.24, 2.45) is 5.11 Å². The summed E-state index contributed by atoms with van der Waals surface area (Å²) in [4.78, 5) is 5.39. The zero-order chi connectivity index (χ0) is 18.7. The van der Waals surface area contributed by atoms with Crippen LogP contribution in [0.15, 0.2) is 64.6 Å². The summed E-state index contributed by atoms with van der Waals surface area (Å²) in [5, 5.41) is 22.7. The summed E-state index contributed by atoms with van der Waals surface area (Å²) in [5.74, 6) is -0.384. The molecule has 3 aromatic rings. The number of phenols is 1. The van der Waals surface area contributed by atoms with Gasteiger partial charge in [0.15, 0.2) is 4.98 Å². The van der Waals surface area contributed by atoms with E-state index in [1.54, 1.807) is 0 Å². The molecule has 0 saturated heterocycles. The summed E-state index contributed by atoms with van der Waals surface area (Å²) in [7, 11) is -4.25. The number of phenolic OH excluding ortho intramolecular Hbond substituents is 1. The van der Waals surface area contributed by atoms with Crippen molar-refractivity contribution in [3.8, 4) is 11.5 Å². The molecule has 0 aliphatic heterocycles. The Morgan fingerprint density at radius 1 is 1.08 bits per heavy atom. The molecule has 0 saturated carbocycles. The fourth-order valence-electron chi connectivity index (χ4n) is 2.42. The van der Waals surface area contributed by atoms with Crippen LogP contribution in [0.3, 0.4) is 0 Å². The van der Waals surface area contributed by atoms with Crippen LogP contribution in [0.5, 0.6) is 11.5 Å². The van der Waals surface area contributed by atoms with Gasteiger partial charge in [0.1, 0.15) is 10.6 Å². The minimum Gasteiger partial charge on any atom is -0.501 e. The number of hydrogen-bond donors (Lipinski definition) is 1. The zero-order valence-electron chi connectivity index (χ0n) is 13.0. The van der Waals surface area contributed by atoms with Gasteiger partial charge in [0, 0.05) is 27.4 Å². The SMILES string of the molecule is N#[N+]c1ccc2c(S(=O)(=O)Oc3cccc(N=[N+]=[N-])c3)cccc2c1O. The lowest BCUT2D eigenvalue weighted by molar-refractivity contribution is 0.484. The number of nitrogens with zero attached hydrogens (tertiary/aromatic N) is 5. The molecule has 0 bridgehead atoms. The van der Waals surface area contributed by atoms with Crippen LogP contribution in [-0.4, -0.2) is 13.5 Å². The highest BCUT2D eigenvalue weighted by molar-refractivity contribution is 7.87. The molecular weight excluding hydrogens is 358 g/mol. The van der Waals surface area contributed by atoms with Gasteiger partial charge in [-0.2, -0.15) is 8.42 Å². The number of aromatic hydroxyl groups is 1. The Morgan fingerprint density at radius 3 is 2.58 bits per heavy atom. The number of diazo groups is 1. The van der Waals surface area contributed by atoms with Crippen LogP contribution < -0.4 is 4.18 Å². The average molecular weight is 368 g/mol. The summed E-state index contributed by atoms with van der Waals surface area (Å²) >= 11 is 0.